The van der Waals surface area contributed by atoms with Crippen LogP contribution in [0.3, 0.4) is 0 Å². The number of likely N-dealkylation sites (tertiary alicyclic amines) is 2. The predicted molar refractivity (Wildman–Crippen MR) is 129 cm³/mol. The van der Waals surface area contributed by atoms with Gasteiger partial charge in [0.25, 0.3) is 5.91 Å². The first-order chi connectivity index (χ1) is 15.7. The summed E-state index contributed by atoms with van der Waals surface area (Å²) in [5.41, 5.74) is 4.00. The van der Waals surface area contributed by atoms with Crippen molar-refractivity contribution in [3.05, 3.63) is 64.7 Å². The monoisotopic (exact) mass is 448 g/mol. The number of aromatic hydroxyl groups is 1. The number of carbonyl (C=O) groups is 1. The molecule has 0 aromatic heterocycles. The lowest BCUT2D eigenvalue weighted by Crippen LogP contribution is -2.64. The van der Waals surface area contributed by atoms with E-state index >= 15 is 0 Å². The van der Waals surface area contributed by atoms with Crippen LogP contribution in [0.1, 0.15) is 67.1 Å². The number of hydrogen-bond donors (Lipinski definition) is 2. The van der Waals surface area contributed by atoms with E-state index in [0.717, 1.165) is 56.6 Å². The highest BCUT2D eigenvalue weighted by Crippen LogP contribution is 2.57. The van der Waals surface area contributed by atoms with Crippen molar-refractivity contribution in [3.8, 4) is 5.75 Å². The average molecular weight is 449 g/mol. The van der Waals surface area contributed by atoms with Crippen LogP contribution < -0.4 is 0 Å². The normalized spacial score (nSPS) is 27.3. The highest BCUT2D eigenvalue weighted by atomic mass is 16.3. The molecule has 0 spiro atoms. The minimum atomic E-state index is -0.162. The maximum Gasteiger partial charge on any atom is 0.254 e. The fourth-order valence-electron chi connectivity index (χ4n) is 6.42. The molecule has 2 aromatic rings. The van der Waals surface area contributed by atoms with Crippen LogP contribution in [0.5, 0.6) is 5.75 Å². The SMILES string of the molecule is CC1(C)[C@H]2Cc3c(O)cccc3[C@]1(C)CCN2C(=O)c1ccc(CN2CCC(O)CC2)cc1. The largest absolute Gasteiger partial charge is 0.508 e. The molecule has 0 saturated carbocycles. The second-order valence-electron chi connectivity index (χ2n) is 11.0. The van der Waals surface area contributed by atoms with Crippen molar-refractivity contribution < 1.29 is 15.0 Å². The Labute approximate surface area is 197 Å². The number of aliphatic hydroxyl groups excluding tert-OH is 1. The van der Waals surface area contributed by atoms with Crippen molar-refractivity contribution in [1.82, 2.24) is 9.80 Å². The van der Waals surface area contributed by atoms with Crippen LogP contribution >= 0.6 is 0 Å². The molecule has 2 aromatic carbocycles. The molecule has 1 amide bonds. The minimum Gasteiger partial charge on any atom is -0.508 e. The van der Waals surface area contributed by atoms with E-state index in [1.54, 1.807) is 6.07 Å². The van der Waals surface area contributed by atoms with Crippen molar-refractivity contribution in [2.45, 2.75) is 70.6 Å². The number of fused-ring (bicyclic) bond motifs is 4. The Bertz CT molecular complexity index is 1040. The average Bonchev–Trinajstić information content (AvgIpc) is 2.78. The molecule has 2 heterocycles. The number of rotatable bonds is 3. The fraction of sp³-hybridized carbons (Fsp3) is 0.536. The van der Waals surface area contributed by atoms with Crippen LogP contribution in [0.15, 0.2) is 42.5 Å². The van der Waals surface area contributed by atoms with Crippen LogP contribution in [-0.2, 0) is 18.4 Å². The molecule has 2 fully saturated rings. The van der Waals surface area contributed by atoms with Crippen molar-refractivity contribution in [1.29, 1.82) is 0 Å². The number of piperidine rings is 2. The first-order valence-electron chi connectivity index (χ1n) is 12.3. The molecule has 5 heteroatoms. The zero-order valence-electron chi connectivity index (χ0n) is 20.1. The summed E-state index contributed by atoms with van der Waals surface area (Å²) in [4.78, 5) is 18.1. The van der Waals surface area contributed by atoms with E-state index in [9.17, 15) is 15.0 Å². The number of benzene rings is 2. The number of nitrogens with zero attached hydrogens (tertiary/aromatic N) is 2. The number of phenols is 1. The van der Waals surface area contributed by atoms with Crippen molar-refractivity contribution in [2.75, 3.05) is 19.6 Å². The third-order valence-electron chi connectivity index (χ3n) is 9.05. The fourth-order valence-corrected chi connectivity index (χ4v) is 6.42. The quantitative estimate of drug-likeness (QED) is 0.742. The number of hydrogen-bond acceptors (Lipinski definition) is 4. The number of carbonyl (C=O) groups excluding carboxylic acids is 1. The lowest BCUT2D eigenvalue weighted by molar-refractivity contribution is -0.0266. The van der Waals surface area contributed by atoms with Gasteiger partial charge in [-0.05, 0) is 66.0 Å². The topological polar surface area (TPSA) is 64.0 Å². The van der Waals surface area contributed by atoms with Crippen LogP contribution in [0.4, 0.5) is 0 Å². The Balaban J connectivity index is 1.36. The lowest BCUT2D eigenvalue weighted by atomic mass is 9.51. The molecular weight excluding hydrogens is 412 g/mol. The zero-order valence-corrected chi connectivity index (χ0v) is 20.1. The molecule has 2 N–H and O–H groups in total. The summed E-state index contributed by atoms with van der Waals surface area (Å²) in [6.07, 6.45) is 3.08. The molecule has 5 nitrogen and oxygen atoms in total. The van der Waals surface area contributed by atoms with Crippen LogP contribution in [0.25, 0.3) is 0 Å². The smallest absolute Gasteiger partial charge is 0.254 e. The summed E-state index contributed by atoms with van der Waals surface area (Å²) in [5, 5.41) is 20.3. The Hall–Kier alpha value is -2.37. The third-order valence-corrected chi connectivity index (χ3v) is 9.05. The molecule has 2 aliphatic heterocycles. The standard InChI is InChI=1S/C28H36N2O3/c1-27(2)25-17-22-23(5-4-6-24(22)32)28(27,3)13-16-30(25)26(33)20-9-7-19(8-10-20)18-29-14-11-21(31)12-15-29/h4-10,21,25,31-32H,11-18H2,1-3H3/t25-,28+/m1/s1. The lowest BCUT2D eigenvalue weighted by Gasteiger charge is -2.60. The van der Waals surface area contributed by atoms with Gasteiger partial charge in [-0.2, -0.15) is 0 Å². The van der Waals surface area contributed by atoms with E-state index in [4.69, 9.17) is 0 Å². The molecule has 2 atom stereocenters. The summed E-state index contributed by atoms with van der Waals surface area (Å²) in [6.45, 7) is 10.3. The van der Waals surface area contributed by atoms with E-state index in [1.165, 1.54) is 11.1 Å². The van der Waals surface area contributed by atoms with Gasteiger partial charge in [0.05, 0.1) is 6.10 Å². The zero-order chi connectivity index (χ0) is 23.4. The van der Waals surface area contributed by atoms with Gasteiger partial charge in [-0.1, -0.05) is 45.0 Å². The predicted octanol–water partition coefficient (Wildman–Crippen LogP) is 4.10. The summed E-state index contributed by atoms with van der Waals surface area (Å²) in [5.74, 6) is 0.435. The summed E-state index contributed by atoms with van der Waals surface area (Å²) in [7, 11) is 0. The maximum atomic E-state index is 13.7. The molecule has 1 aliphatic carbocycles. The Morgan fingerprint density at radius 1 is 1.03 bits per heavy atom. The van der Waals surface area contributed by atoms with Gasteiger partial charge in [-0.25, -0.2) is 0 Å². The molecule has 33 heavy (non-hydrogen) atoms. The molecular formula is C28H36N2O3. The van der Waals surface area contributed by atoms with Crippen LogP contribution in [0.2, 0.25) is 0 Å². The van der Waals surface area contributed by atoms with Gasteiger partial charge in [-0.15, -0.1) is 0 Å². The first kappa shape index (κ1) is 22.4. The summed E-state index contributed by atoms with van der Waals surface area (Å²) in [6, 6.07) is 14.0. The molecule has 0 unspecified atom stereocenters. The van der Waals surface area contributed by atoms with Crippen LogP contribution in [-0.4, -0.2) is 57.7 Å². The summed E-state index contributed by atoms with van der Waals surface area (Å²) < 4.78 is 0. The van der Waals surface area contributed by atoms with E-state index in [0.29, 0.717) is 12.2 Å². The third kappa shape index (κ3) is 3.66. The summed E-state index contributed by atoms with van der Waals surface area (Å²) >= 11 is 0. The maximum absolute atomic E-state index is 13.7. The number of phenolic OH excluding ortho intramolecular Hbond substituents is 1. The van der Waals surface area contributed by atoms with Gasteiger partial charge in [0.1, 0.15) is 5.75 Å². The van der Waals surface area contributed by atoms with Gasteiger partial charge in [0.2, 0.25) is 0 Å². The van der Waals surface area contributed by atoms with Crippen molar-refractivity contribution in [3.63, 3.8) is 0 Å². The van der Waals surface area contributed by atoms with E-state index in [2.05, 4.69) is 48.8 Å². The second kappa shape index (κ2) is 8.14. The minimum absolute atomic E-state index is 0.0454. The van der Waals surface area contributed by atoms with Gasteiger partial charge >= 0.3 is 0 Å². The highest BCUT2D eigenvalue weighted by molar-refractivity contribution is 5.94. The van der Waals surface area contributed by atoms with E-state index in [-0.39, 0.29) is 28.9 Å². The Morgan fingerprint density at radius 3 is 2.42 bits per heavy atom. The van der Waals surface area contributed by atoms with Crippen LogP contribution in [0, 0.1) is 5.41 Å². The van der Waals surface area contributed by atoms with Gasteiger partial charge in [0.15, 0.2) is 0 Å². The van der Waals surface area contributed by atoms with Crippen molar-refractivity contribution in [2.24, 2.45) is 5.41 Å². The Morgan fingerprint density at radius 2 is 1.73 bits per heavy atom. The number of aliphatic hydroxyl groups is 1. The Kier molecular flexibility index (Phi) is 5.53. The molecule has 2 saturated heterocycles. The second-order valence-corrected chi connectivity index (χ2v) is 11.0. The van der Waals surface area contributed by atoms with Gasteiger partial charge in [-0.3, -0.25) is 9.69 Å². The van der Waals surface area contributed by atoms with E-state index in [1.807, 2.05) is 18.2 Å². The molecule has 3 aliphatic rings. The van der Waals surface area contributed by atoms with Crippen molar-refractivity contribution >= 4 is 5.91 Å². The van der Waals surface area contributed by atoms with Gasteiger partial charge in [0, 0.05) is 43.2 Å². The molecule has 2 bridgehead atoms. The highest BCUT2D eigenvalue weighted by Gasteiger charge is 2.57. The first-order valence-corrected chi connectivity index (χ1v) is 12.3. The van der Waals surface area contributed by atoms with Gasteiger partial charge < -0.3 is 15.1 Å². The van der Waals surface area contributed by atoms with E-state index < -0.39 is 0 Å². The molecule has 176 valence electrons. The molecule has 5 rings (SSSR count). The number of amides is 1. The molecule has 0 radical (unpaired) electrons.